The van der Waals surface area contributed by atoms with E-state index in [1.165, 1.54) is 225 Å². The summed E-state index contributed by atoms with van der Waals surface area (Å²) in [6.45, 7) is 6.53. The van der Waals surface area contributed by atoms with Crippen LogP contribution in [0.4, 0.5) is 0 Å². The van der Waals surface area contributed by atoms with Crippen LogP contribution in [-0.4, -0.2) is 37.2 Å². The van der Waals surface area contributed by atoms with Crippen molar-refractivity contribution in [3.8, 4) is 0 Å². The molecule has 0 fully saturated rings. The van der Waals surface area contributed by atoms with Crippen molar-refractivity contribution >= 4 is 17.9 Å². The monoisotopic (exact) mass is 1160 g/mol. The molecule has 1 atom stereocenters. The van der Waals surface area contributed by atoms with Crippen molar-refractivity contribution in [2.24, 2.45) is 0 Å². The first-order chi connectivity index (χ1) is 41.0. The third kappa shape index (κ3) is 69.5. The summed E-state index contributed by atoms with van der Waals surface area (Å²) < 4.78 is 16.9. The molecule has 482 valence electrons. The Kier molecular flexibility index (Phi) is 68.6. The molecule has 0 aromatic rings. The molecule has 1 unspecified atom stereocenters. The van der Waals surface area contributed by atoms with E-state index >= 15 is 0 Å². The third-order valence-electron chi connectivity index (χ3n) is 16.2. The van der Waals surface area contributed by atoms with Gasteiger partial charge in [-0.1, -0.05) is 344 Å². The van der Waals surface area contributed by atoms with E-state index < -0.39 is 6.10 Å². The summed E-state index contributed by atoms with van der Waals surface area (Å²) in [5.41, 5.74) is 0. The molecule has 0 spiro atoms. The quantitative estimate of drug-likeness (QED) is 0.0261. The molecule has 0 aromatic heterocycles. The highest BCUT2D eigenvalue weighted by Crippen LogP contribution is 2.19. The number of unbranched alkanes of at least 4 members (excludes halogenated alkanes) is 44. The number of esters is 3. The van der Waals surface area contributed by atoms with Gasteiger partial charge in [-0.3, -0.25) is 14.4 Å². The first kappa shape index (κ1) is 79.8. The summed E-state index contributed by atoms with van der Waals surface area (Å²) in [7, 11) is 0. The molecule has 0 aliphatic rings. The fourth-order valence-corrected chi connectivity index (χ4v) is 10.8. The molecule has 0 amide bonds. The average Bonchev–Trinajstić information content (AvgIpc) is 3.49. The van der Waals surface area contributed by atoms with Crippen molar-refractivity contribution in [2.45, 2.75) is 386 Å². The highest BCUT2D eigenvalue weighted by atomic mass is 16.6. The van der Waals surface area contributed by atoms with Gasteiger partial charge in [0.15, 0.2) is 6.10 Å². The molecule has 0 saturated heterocycles. The van der Waals surface area contributed by atoms with Crippen molar-refractivity contribution < 1.29 is 28.6 Å². The van der Waals surface area contributed by atoms with Crippen LogP contribution in [0.25, 0.3) is 0 Å². The lowest BCUT2D eigenvalue weighted by molar-refractivity contribution is -0.167. The molecule has 0 radical (unpaired) electrons. The number of rotatable bonds is 67. The van der Waals surface area contributed by atoms with Crippen molar-refractivity contribution in [3.63, 3.8) is 0 Å². The maximum Gasteiger partial charge on any atom is 0.306 e. The van der Waals surface area contributed by atoms with Crippen molar-refractivity contribution in [3.05, 3.63) is 72.9 Å². The number of hydrogen-bond acceptors (Lipinski definition) is 6. The van der Waals surface area contributed by atoms with Gasteiger partial charge < -0.3 is 14.2 Å². The summed E-state index contributed by atoms with van der Waals surface area (Å²) in [6, 6.07) is 0. The molecule has 6 heteroatoms. The zero-order chi connectivity index (χ0) is 59.9. The van der Waals surface area contributed by atoms with Crippen molar-refractivity contribution in [1.82, 2.24) is 0 Å². The Hall–Kier alpha value is -3.15. The summed E-state index contributed by atoms with van der Waals surface area (Å²) >= 11 is 0. The summed E-state index contributed by atoms with van der Waals surface area (Å²) in [5.74, 6) is -0.893. The Bertz CT molecular complexity index is 1520. The topological polar surface area (TPSA) is 78.9 Å². The zero-order valence-electron chi connectivity index (χ0n) is 55.5. The highest BCUT2D eigenvalue weighted by Gasteiger charge is 2.19. The second-order valence-electron chi connectivity index (χ2n) is 24.5. The van der Waals surface area contributed by atoms with Gasteiger partial charge in [-0.15, -0.1) is 0 Å². The van der Waals surface area contributed by atoms with Crippen LogP contribution in [-0.2, 0) is 28.6 Å². The van der Waals surface area contributed by atoms with Gasteiger partial charge in [-0.25, -0.2) is 0 Å². The van der Waals surface area contributed by atoms with Gasteiger partial charge in [-0.2, -0.15) is 0 Å². The maximum absolute atomic E-state index is 12.9. The van der Waals surface area contributed by atoms with Gasteiger partial charge in [0.25, 0.3) is 0 Å². The van der Waals surface area contributed by atoms with E-state index in [-0.39, 0.29) is 31.1 Å². The zero-order valence-corrected chi connectivity index (χ0v) is 55.5. The lowest BCUT2D eigenvalue weighted by atomic mass is 10.0. The normalized spacial score (nSPS) is 12.5. The van der Waals surface area contributed by atoms with Gasteiger partial charge >= 0.3 is 17.9 Å². The Morgan fingerprint density at radius 3 is 0.771 bits per heavy atom. The van der Waals surface area contributed by atoms with Gasteiger partial charge in [0.05, 0.1) is 0 Å². The predicted octanol–water partition coefficient (Wildman–Crippen LogP) is 25.2. The standard InChI is InChI=1S/C77H138O6/c1-4-7-10-13-16-19-22-25-27-29-31-33-34-35-36-37-38-39-40-41-42-43-45-46-48-50-52-55-58-61-64-67-70-76(79)82-73-74(72-81-75(78)69-66-63-60-57-54-24-21-18-15-12-9-6-3)83-77(80)71-68-65-62-59-56-53-51-49-47-44-32-30-28-26-23-20-17-14-11-8-5-2/h8,11,17-18,20-21,26,28,32,44,49,51,74H,4-7,9-10,12-16,19,22-25,27,29-31,33-43,45-48,50,52-73H2,1-3H3/b11-8-,20-17-,21-18-,28-26-,44-32-,51-49-. The van der Waals surface area contributed by atoms with E-state index in [1.807, 2.05) is 0 Å². The van der Waals surface area contributed by atoms with Gasteiger partial charge in [-0.05, 0) is 89.9 Å². The fourth-order valence-electron chi connectivity index (χ4n) is 10.8. The lowest BCUT2D eigenvalue weighted by Crippen LogP contribution is -2.30. The van der Waals surface area contributed by atoms with Gasteiger partial charge in [0.1, 0.15) is 13.2 Å². The fraction of sp³-hybridized carbons (Fsp3) is 0.805. The Morgan fingerprint density at radius 1 is 0.253 bits per heavy atom. The first-order valence-corrected chi connectivity index (χ1v) is 36.4. The molecule has 0 aliphatic carbocycles. The molecule has 6 nitrogen and oxygen atoms in total. The molecular formula is C77H138O6. The summed E-state index contributed by atoms with van der Waals surface area (Å²) in [6.07, 6.45) is 93.9. The van der Waals surface area contributed by atoms with Crippen LogP contribution in [0.5, 0.6) is 0 Å². The minimum Gasteiger partial charge on any atom is -0.462 e. The van der Waals surface area contributed by atoms with Crippen LogP contribution < -0.4 is 0 Å². The Morgan fingerprint density at radius 2 is 0.470 bits per heavy atom. The van der Waals surface area contributed by atoms with Crippen LogP contribution in [0.2, 0.25) is 0 Å². The smallest absolute Gasteiger partial charge is 0.306 e. The molecule has 0 bridgehead atoms. The number of carbonyl (C=O) groups is 3. The number of allylic oxidation sites excluding steroid dienone is 12. The van der Waals surface area contributed by atoms with E-state index in [0.29, 0.717) is 19.3 Å². The predicted molar refractivity (Wildman–Crippen MR) is 362 cm³/mol. The molecule has 0 heterocycles. The first-order valence-electron chi connectivity index (χ1n) is 36.4. The molecule has 0 rings (SSSR count). The molecule has 0 saturated carbocycles. The summed E-state index contributed by atoms with van der Waals surface area (Å²) in [4.78, 5) is 38.4. The third-order valence-corrected chi connectivity index (χ3v) is 16.2. The van der Waals surface area contributed by atoms with E-state index in [1.54, 1.807) is 0 Å². The van der Waals surface area contributed by atoms with Crippen LogP contribution >= 0.6 is 0 Å². The molecular weight excluding hydrogens is 1020 g/mol. The summed E-state index contributed by atoms with van der Waals surface area (Å²) in [5, 5.41) is 0. The van der Waals surface area contributed by atoms with Crippen molar-refractivity contribution in [2.75, 3.05) is 13.2 Å². The van der Waals surface area contributed by atoms with Crippen LogP contribution in [0, 0.1) is 0 Å². The molecule has 0 N–H and O–H groups in total. The average molecular weight is 1160 g/mol. The largest absolute Gasteiger partial charge is 0.462 e. The van der Waals surface area contributed by atoms with Crippen LogP contribution in [0.15, 0.2) is 72.9 Å². The second kappa shape index (κ2) is 71.3. The van der Waals surface area contributed by atoms with Gasteiger partial charge in [0, 0.05) is 19.3 Å². The van der Waals surface area contributed by atoms with Crippen LogP contribution in [0.3, 0.4) is 0 Å². The molecule has 0 aliphatic heterocycles. The van der Waals surface area contributed by atoms with Gasteiger partial charge in [0.2, 0.25) is 0 Å². The van der Waals surface area contributed by atoms with E-state index in [9.17, 15) is 14.4 Å². The van der Waals surface area contributed by atoms with Crippen LogP contribution in [0.1, 0.15) is 380 Å². The molecule has 83 heavy (non-hydrogen) atoms. The molecule has 0 aromatic carbocycles. The second-order valence-corrected chi connectivity index (χ2v) is 24.5. The van der Waals surface area contributed by atoms with E-state index in [4.69, 9.17) is 14.2 Å². The Labute approximate surface area is 516 Å². The highest BCUT2D eigenvalue weighted by molar-refractivity contribution is 5.71. The number of hydrogen-bond donors (Lipinski definition) is 0. The maximum atomic E-state index is 12.9. The Balaban J connectivity index is 4.17. The van der Waals surface area contributed by atoms with Crippen molar-refractivity contribution in [1.29, 1.82) is 0 Å². The SMILES string of the molecule is CC/C=C\C/C=C\C/C=C\C/C=C\C/C=C\CCCCCCCC(=O)OC(COC(=O)CCCCCCC/C=C\CCCCC)COC(=O)CCCCCCCCCCCCCCCCCCCCCCCCCCCCCCCCCC. The van der Waals surface area contributed by atoms with E-state index in [0.717, 1.165) is 116 Å². The number of ether oxygens (including phenoxy) is 3. The van der Waals surface area contributed by atoms with E-state index in [2.05, 4.69) is 93.7 Å². The lowest BCUT2D eigenvalue weighted by Gasteiger charge is -2.18. The number of carbonyl (C=O) groups excluding carboxylic acids is 3. The minimum atomic E-state index is -0.790. The minimum absolute atomic E-state index is 0.0830.